The molecule has 2 N–H and O–H groups in total. The molecular weight excluding hydrogens is 226 g/mol. The summed E-state index contributed by atoms with van der Waals surface area (Å²) in [4.78, 5) is 11.1. The van der Waals surface area contributed by atoms with Crippen LogP contribution in [0, 0.1) is 0 Å². The van der Waals surface area contributed by atoms with Crippen LogP contribution in [0.25, 0.3) is 10.8 Å². The average Bonchev–Trinajstić information content (AvgIpc) is 2.38. The number of carbonyl (C=O) groups excluding carboxylic acids is 1. The van der Waals surface area contributed by atoms with E-state index in [4.69, 9.17) is 5.73 Å². The van der Waals surface area contributed by atoms with Crippen molar-refractivity contribution in [2.24, 2.45) is 5.73 Å². The Labute approximate surface area is 107 Å². The van der Waals surface area contributed by atoms with Gasteiger partial charge >= 0.3 is 5.97 Å². The van der Waals surface area contributed by atoms with Crippen LogP contribution in [0.4, 0.5) is 0 Å². The van der Waals surface area contributed by atoms with Crippen LogP contribution < -0.4 is 5.73 Å². The number of rotatable bonds is 4. The molecule has 18 heavy (non-hydrogen) atoms. The molecule has 0 radical (unpaired) electrons. The van der Waals surface area contributed by atoms with E-state index >= 15 is 0 Å². The Balaban J connectivity index is 2.09. The van der Waals surface area contributed by atoms with Gasteiger partial charge in [0.05, 0.1) is 13.5 Å². The first-order chi connectivity index (χ1) is 8.69. The third kappa shape index (κ3) is 3.08. The van der Waals surface area contributed by atoms with Gasteiger partial charge in [-0.2, -0.15) is 0 Å². The quantitative estimate of drug-likeness (QED) is 0.838. The molecule has 0 saturated heterocycles. The van der Waals surface area contributed by atoms with E-state index in [9.17, 15) is 4.79 Å². The zero-order valence-corrected chi connectivity index (χ0v) is 10.4. The Bertz CT molecular complexity index is 551. The third-order valence-corrected chi connectivity index (χ3v) is 2.97. The molecule has 2 aromatic rings. The van der Waals surface area contributed by atoms with Crippen LogP contribution in [0.5, 0.6) is 0 Å². The van der Waals surface area contributed by atoms with Gasteiger partial charge in [-0.1, -0.05) is 42.5 Å². The molecule has 2 aromatic carbocycles. The van der Waals surface area contributed by atoms with Crippen molar-refractivity contribution >= 4 is 16.7 Å². The van der Waals surface area contributed by atoms with E-state index in [0.29, 0.717) is 6.42 Å². The molecule has 94 valence electrons. The monoisotopic (exact) mass is 243 g/mol. The Hall–Kier alpha value is -1.87. The van der Waals surface area contributed by atoms with Gasteiger partial charge in [0.1, 0.15) is 0 Å². The summed E-state index contributed by atoms with van der Waals surface area (Å²) in [7, 11) is 1.38. The van der Waals surface area contributed by atoms with Crippen molar-refractivity contribution < 1.29 is 9.53 Å². The summed E-state index contributed by atoms with van der Waals surface area (Å²) in [6.07, 6.45) is 0.934. The second kappa shape index (κ2) is 5.65. The van der Waals surface area contributed by atoms with Gasteiger partial charge in [0.25, 0.3) is 0 Å². The number of hydrogen-bond acceptors (Lipinski definition) is 3. The van der Waals surface area contributed by atoms with Gasteiger partial charge in [0.15, 0.2) is 0 Å². The average molecular weight is 243 g/mol. The van der Waals surface area contributed by atoms with Gasteiger partial charge in [0, 0.05) is 6.04 Å². The normalized spacial score (nSPS) is 12.3. The van der Waals surface area contributed by atoms with Crippen molar-refractivity contribution in [3.05, 3.63) is 48.0 Å². The zero-order valence-electron chi connectivity index (χ0n) is 10.4. The molecule has 0 aliphatic carbocycles. The number of fused-ring (bicyclic) bond motifs is 1. The number of esters is 1. The lowest BCUT2D eigenvalue weighted by molar-refractivity contribution is -0.140. The van der Waals surface area contributed by atoms with Crippen LogP contribution in [-0.4, -0.2) is 19.1 Å². The first kappa shape index (κ1) is 12.6. The lowest BCUT2D eigenvalue weighted by atomic mass is 10.0. The van der Waals surface area contributed by atoms with Crippen LogP contribution in [0.1, 0.15) is 12.0 Å². The van der Waals surface area contributed by atoms with E-state index < -0.39 is 0 Å². The highest BCUT2D eigenvalue weighted by molar-refractivity contribution is 5.83. The van der Waals surface area contributed by atoms with Crippen molar-refractivity contribution in [2.45, 2.75) is 18.9 Å². The highest BCUT2D eigenvalue weighted by Crippen LogP contribution is 2.16. The molecule has 0 unspecified atom stereocenters. The molecule has 0 aromatic heterocycles. The van der Waals surface area contributed by atoms with E-state index in [0.717, 1.165) is 5.56 Å². The second-order valence-corrected chi connectivity index (χ2v) is 4.43. The molecule has 0 aliphatic rings. The molecular formula is C15H17NO2. The molecule has 2 rings (SSSR count). The predicted molar refractivity (Wildman–Crippen MR) is 72.3 cm³/mol. The summed E-state index contributed by atoms with van der Waals surface area (Å²) in [6, 6.07) is 14.2. The standard InChI is InChI=1S/C15H17NO2/c1-18-15(17)10-14(16)9-11-6-7-12-4-2-3-5-13(12)8-11/h2-8,14H,9-10,16H2,1H3/t14-/m1/s1. The van der Waals surface area contributed by atoms with E-state index in [1.165, 1.54) is 17.9 Å². The maximum atomic E-state index is 11.1. The Morgan fingerprint density at radius 2 is 1.94 bits per heavy atom. The number of carbonyl (C=O) groups is 1. The summed E-state index contributed by atoms with van der Waals surface area (Å²) < 4.78 is 4.61. The number of hydrogen-bond donors (Lipinski definition) is 1. The van der Waals surface area contributed by atoms with Crippen LogP contribution in [0.2, 0.25) is 0 Å². The molecule has 0 bridgehead atoms. The Kier molecular flexibility index (Phi) is 3.95. The van der Waals surface area contributed by atoms with Crippen LogP contribution in [0.15, 0.2) is 42.5 Å². The van der Waals surface area contributed by atoms with Gasteiger partial charge < -0.3 is 10.5 Å². The molecule has 1 atom stereocenters. The van der Waals surface area contributed by atoms with Crippen LogP contribution in [0.3, 0.4) is 0 Å². The minimum atomic E-state index is -0.261. The van der Waals surface area contributed by atoms with Crippen molar-refractivity contribution in [1.82, 2.24) is 0 Å². The molecule has 0 aliphatic heterocycles. The smallest absolute Gasteiger partial charge is 0.307 e. The largest absolute Gasteiger partial charge is 0.469 e. The van der Waals surface area contributed by atoms with E-state index in [-0.39, 0.29) is 18.4 Å². The van der Waals surface area contributed by atoms with Crippen molar-refractivity contribution in [2.75, 3.05) is 7.11 Å². The second-order valence-electron chi connectivity index (χ2n) is 4.43. The van der Waals surface area contributed by atoms with Crippen molar-refractivity contribution in [3.8, 4) is 0 Å². The molecule has 0 spiro atoms. The van der Waals surface area contributed by atoms with Gasteiger partial charge in [0.2, 0.25) is 0 Å². The lowest BCUT2D eigenvalue weighted by Gasteiger charge is -2.10. The van der Waals surface area contributed by atoms with Crippen molar-refractivity contribution in [1.29, 1.82) is 0 Å². The van der Waals surface area contributed by atoms with Crippen LogP contribution >= 0.6 is 0 Å². The maximum absolute atomic E-state index is 11.1. The number of nitrogens with two attached hydrogens (primary N) is 1. The fourth-order valence-electron chi connectivity index (χ4n) is 2.04. The first-order valence-electron chi connectivity index (χ1n) is 5.99. The molecule has 0 saturated carbocycles. The van der Waals surface area contributed by atoms with Gasteiger partial charge in [-0.3, -0.25) is 4.79 Å². The van der Waals surface area contributed by atoms with Gasteiger partial charge in [-0.25, -0.2) is 0 Å². The molecule has 3 heteroatoms. The topological polar surface area (TPSA) is 52.3 Å². The number of methoxy groups -OCH3 is 1. The molecule has 0 amide bonds. The SMILES string of the molecule is COC(=O)C[C@H](N)Cc1ccc2ccccc2c1. The fourth-order valence-corrected chi connectivity index (χ4v) is 2.04. The Morgan fingerprint density at radius 1 is 1.22 bits per heavy atom. The zero-order chi connectivity index (χ0) is 13.0. The molecule has 0 fully saturated rings. The maximum Gasteiger partial charge on any atom is 0.307 e. The third-order valence-electron chi connectivity index (χ3n) is 2.97. The predicted octanol–water partition coefficient (Wildman–Crippen LogP) is 2.27. The van der Waals surface area contributed by atoms with E-state index in [1.54, 1.807) is 0 Å². The minimum absolute atomic E-state index is 0.196. The van der Waals surface area contributed by atoms with Gasteiger partial charge in [-0.05, 0) is 22.8 Å². The summed E-state index contributed by atoms with van der Waals surface area (Å²) in [5.41, 5.74) is 7.07. The minimum Gasteiger partial charge on any atom is -0.469 e. The molecule has 0 heterocycles. The Morgan fingerprint density at radius 3 is 2.67 bits per heavy atom. The van der Waals surface area contributed by atoms with Crippen molar-refractivity contribution in [3.63, 3.8) is 0 Å². The van der Waals surface area contributed by atoms with Crippen LogP contribution in [-0.2, 0) is 16.0 Å². The van der Waals surface area contributed by atoms with Gasteiger partial charge in [-0.15, -0.1) is 0 Å². The summed E-state index contributed by atoms with van der Waals surface area (Å²) >= 11 is 0. The summed E-state index contributed by atoms with van der Waals surface area (Å²) in [5, 5.41) is 2.41. The van der Waals surface area contributed by atoms with E-state index in [1.807, 2.05) is 12.1 Å². The highest BCUT2D eigenvalue weighted by atomic mass is 16.5. The first-order valence-corrected chi connectivity index (χ1v) is 5.99. The number of benzene rings is 2. The number of ether oxygens (including phenoxy) is 1. The fraction of sp³-hybridized carbons (Fsp3) is 0.267. The highest BCUT2D eigenvalue weighted by Gasteiger charge is 2.10. The summed E-state index contributed by atoms with van der Waals surface area (Å²) in [6.45, 7) is 0. The molecule has 3 nitrogen and oxygen atoms in total. The summed E-state index contributed by atoms with van der Waals surface area (Å²) in [5.74, 6) is -0.261. The van der Waals surface area contributed by atoms with E-state index in [2.05, 4.69) is 35.1 Å². The lowest BCUT2D eigenvalue weighted by Crippen LogP contribution is -2.26.